The highest BCUT2D eigenvalue weighted by Gasteiger charge is 2.45. The van der Waals surface area contributed by atoms with Gasteiger partial charge in [-0.25, -0.2) is 55.5 Å². The number of hydrogen-bond acceptors (Lipinski definition) is 16. The molecule has 4 fully saturated rings. The molecule has 2 aromatic heterocycles. The number of alkyl halides is 4. The highest BCUT2D eigenvalue weighted by Crippen LogP contribution is 2.40. The summed E-state index contributed by atoms with van der Waals surface area (Å²) >= 11 is 15.4. The number of hydrogen-bond donors (Lipinski definition) is 2. The summed E-state index contributed by atoms with van der Waals surface area (Å²) in [4.78, 5) is 79.5. The number of carbonyl (C=O) groups is 4. The normalized spacial score (nSPS) is 21.8. The number of benzene rings is 2. The predicted molar refractivity (Wildman–Crippen MR) is 279 cm³/mol. The van der Waals surface area contributed by atoms with Crippen LogP contribution in [0, 0.1) is 11.6 Å². The van der Waals surface area contributed by atoms with Gasteiger partial charge in [0, 0.05) is 111 Å². The number of piperazine rings is 2. The molecular weight excluding hydrogens is 1110 g/mol. The van der Waals surface area contributed by atoms with Gasteiger partial charge in [0.25, 0.3) is 12.9 Å². The summed E-state index contributed by atoms with van der Waals surface area (Å²) in [6.45, 7) is 5.76. The average Bonchev–Trinajstić information content (AvgIpc) is 4.34. The third kappa shape index (κ3) is 12.3. The molecule has 416 valence electrons. The van der Waals surface area contributed by atoms with E-state index >= 15 is 0 Å². The van der Waals surface area contributed by atoms with Gasteiger partial charge in [-0.3, -0.25) is 19.8 Å². The lowest BCUT2D eigenvalue weighted by molar-refractivity contribution is -0.139. The van der Waals surface area contributed by atoms with Crippen LogP contribution < -0.4 is 10.6 Å². The third-order valence-corrected chi connectivity index (χ3v) is 15.9. The third-order valence-electron chi connectivity index (χ3n) is 13.6. The van der Waals surface area contributed by atoms with E-state index in [4.69, 9.17) is 42.7 Å². The van der Waals surface area contributed by atoms with E-state index in [0.29, 0.717) is 83.5 Å². The van der Waals surface area contributed by atoms with Crippen molar-refractivity contribution >= 4 is 81.5 Å². The van der Waals surface area contributed by atoms with Crippen molar-refractivity contribution in [2.75, 3.05) is 91.8 Å². The Morgan fingerprint density at radius 1 is 0.654 bits per heavy atom. The monoisotopic (exact) mass is 1160 g/mol. The summed E-state index contributed by atoms with van der Waals surface area (Å²) < 4.78 is 91.6. The van der Waals surface area contributed by atoms with Crippen molar-refractivity contribution in [3.8, 4) is 0 Å². The Hall–Kier alpha value is -6.32. The highest BCUT2D eigenvalue weighted by molar-refractivity contribution is 7.12. The molecule has 0 aliphatic carbocycles. The lowest BCUT2D eigenvalue weighted by atomic mass is 9.95. The van der Waals surface area contributed by atoms with Crippen molar-refractivity contribution in [1.29, 1.82) is 0 Å². The molecule has 6 aliphatic heterocycles. The number of aromatic nitrogens is 2. The highest BCUT2D eigenvalue weighted by atomic mass is 35.5. The summed E-state index contributed by atoms with van der Waals surface area (Å²) in [6.07, 6.45) is -1.96. The second kappa shape index (κ2) is 24.8. The van der Waals surface area contributed by atoms with Crippen molar-refractivity contribution in [2.24, 2.45) is 9.98 Å². The van der Waals surface area contributed by atoms with E-state index in [-0.39, 0.29) is 84.7 Å². The lowest BCUT2D eigenvalue weighted by Gasteiger charge is -2.38. The molecule has 0 spiro atoms. The number of nitrogens with zero attached hydrogens (tertiary/aromatic N) is 10. The number of urea groups is 2. The Bertz CT molecular complexity index is 2810. The topological polar surface area (TPSA) is 181 Å². The number of nitrogens with one attached hydrogen (secondary N) is 2. The lowest BCUT2D eigenvalue weighted by Crippen LogP contribution is -2.53. The fourth-order valence-electron chi connectivity index (χ4n) is 10.2. The van der Waals surface area contributed by atoms with Crippen LogP contribution in [-0.2, 0) is 19.1 Å². The van der Waals surface area contributed by atoms with Crippen LogP contribution in [0.3, 0.4) is 0 Å². The average molecular weight is 1170 g/mol. The molecule has 0 radical (unpaired) electrons. The molecule has 78 heavy (non-hydrogen) atoms. The zero-order valence-electron chi connectivity index (χ0n) is 41.9. The first-order chi connectivity index (χ1) is 37.5. The van der Waals surface area contributed by atoms with Crippen LogP contribution in [-0.4, -0.2) is 192 Å². The Labute approximate surface area is 462 Å². The number of carbonyl (C=O) groups excluding carboxylic acids is 4. The number of ether oxygens (including phenoxy) is 2. The van der Waals surface area contributed by atoms with Crippen LogP contribution in [0.15, 0.2) is 92.1 Å². The minimum absolute atomic E-state index is 0.116. The number of thiazole rings is 2. The summed E-state index contributed by atoms with van der Waals surface area (Å²) in [5.41, 5.74) is 1.97. The number of aliphatic imine (C=N–C) groups is 2. The van der Waals surface area contributed by atoms with Crippen molar-refractivity contribution in [3.05, 3.63) is 125 Å². The summed E-state index contributed by atoms with van der Waals surface area (Å²) in [5, 5.41) is 10.9. The number of fused-ring (bicyclic) bond motifs is 2. The second-order valence-electron chi connectivity index (χ2n) is 18.5. The fourth-order valence-corrected chi connectivity index (χ4v) is 11.8. The maximum atomic E-state index is 14.5. The van der Waals surface area contributed by atoms with E-state index in [1.807, 2.05) is 9.80 Å². The number of halogens is 8. The molecule has 0 unspecified atom stereocenters. The molecule has 6 aliphatic rings. The predicted octanol–water partition coefficient (Wildman–Crippen LogP) is 7.06. The first-order valence-corrected chi connectivity index (χ1v) is 27.3. The SMILES string of the molecule is CCOC(=O)C1=C(CN2CCN3C(=O)N(CC(F)F)C[C@@H]3C2)NC(c2nccs2)=N[C@H]1c1cccc(F)c1Cl.CCOC(=O)C1=C(CN2CCN3C(=O)N(CC(F)F)C[C@H]3C2)NC(c2nccs2)=N[C@H]1c1cccc(F)c1Cl. The summed E-state index contributed by atoms with van der Waals surface area (Å²) in [7, 11) is 0. The molecule has 4 atom stereocenters. The van der Waals surface area contributed by atoms with Crippen LogP contribution >= 0.6 is 45.9 Å². The summed E-state index contributed by atoms with van der Waals surface area (Å²) in [5.74, 6) is -1.72. The Morgan fingerprint density at radius 2 is 1.06 bits per heavy atom. The first kappa shape index (κ1) is 56.4. The molecule has 8 heterocycles. The van der Waals surface area contributed by atoms with Crippen molar-refractivity contribution < 1.29 is 55.0 Å². The zero-order chi connectivity index (χ0) is 55.4. The molecule has 18 nitrogen and oxygen atoms in total. The Balaban J connectivity index is 0.000000190. The molecule has 2 N–H and O–H groups in total. The zero-order valence-corrected chi connectivity index (χ0v) is 45.0. The van der Waals surface area contributed by atoms with Gasteiger partial charge in [-0.1, -0.05) is 47.5 Å². The molecule has 2 aromatic carbocycles. The van der Waals surface area contributed by atoms with Gasteiger partial charge in [0.15, 0.2) is 21.7 Å². The van der Waals surface area contributed by atoms with Crippen molar-refractivity contribution in [3.63, 3.8) is 0 Å². The Morgan fingerprint density at radius 3 is 1.42 bits per heavy atom. The number of esters is 2. The Kier molecular flexibility index (Phi) is 17.9. The minimum Gasteiger partial charge on any atom is -0.463 e. The first-order valence-electron chi connectivity index (χ1n) is 24.8. The summed E-state index contributed by atoms with van der Waals surface area (Å²) in [6, 6.07) is 5.46. The van der Waals surface area contributed by atoms with E-state index in [1.165, 1.54) is 56.7 Å². The van der Waals surface area contributed by atoms with Crippen molar-refractivity contribution in [1.82, 2.24) is 50.0 Å². The molecule has 4 amide bonds. The fraction of sp³-hybridized carbons (Fsp3) is 0.440. The maximum Gasteiger partial charge on any atom is 0.338 e. The standard InChI is InChI=1S/2C25H26ClF3N6O3S/c2*1-2-38-24(36)19-17(12-33-7-8-35-14(10-33)11-34(25(35)37)13-18(28)29)31-22(23-30-6-9-39-23)32-21(19)15-4-3-5-16(27)20(15)26/h2*3-6,9,14,18,21H,2,7-8,10-13H2,1H3,(H,31,32)/t14-,21+;14-,21-/m10/s1. The van der Waals surface area contributed by atoms with Crippen LogP contribution in [0.2, 0.25) is 10.0 Å². The van der Waals surface area contributed by atoms with Crippen LogP contribution in [0.1, 0.15) is 47.1 Å². The van der Waals surface area contributed by atoms with Gasteiger partial charge in [0.2, 0.25) is 0 Å². The second-order valence-corrected chi connectivity index (χ2v) is 21.1. The van der Waals surface area contributed by atoms with E-state index in [9.17, 15) is 45.5 Å². The maximum absolute atomic E-state index is 14.5. The molecule has 4 saturated heterocycles. The molecular formula is C50H52Cl2F6N12O6S2. The number of amides is 4. The van der Waals surface area contributed by atoms with E-state index in [1.54, 1.807) is 58.9 Å². The quantitative estimate of drug-likeness (QED) is 0.0863. The van der Waals surface area contributed by atoms with E-state index < -0.39 is 61.6 Å². The minimum atomic E-state index is -2.61. The molecule has 0 bridgehead atoms. The van der Waals surface area contributed by atoms with Crippen LogP contribution in [0.25, 0.3) is 0 Å². The van der Waals surface area contributed by atoms with Gasteiger partial charge in [-0.05, 0) is 26.0 Å². The van der Waals surface area contributed by atoms with Crippen LogP contribution in [0.5, 0.6) is 0 Å². The molecule has 28 heteroatoms. The molecule has 10 rings (SSSR count). The van der Waals surface area contributed by atoms with Gasteiger partial charge in [0.1, 0.15) is 23.7 Å². The van der Waals surface area contributed by atoms with E-state index in [0.717, 1.165) is 0 Å². The van der Waals surface area contributed by atoms with Gasteiger partial charge >= 0.3 is 24.0 Å². The van der Waals surface area contributed by atoms with Gasteiger partial charge in [-0.2, -0.15) is 0 Å². The molecule has 0 saturated carbocycles. The van der Waals surface area contributed by atoms with E-state index in [2.05, 4.69) is 20.6 Å². The number of rotatable bonds is 16. The van der Waals surface area contributed by atoms with Crippen LogP contribution in [0.4, 0.5) is 35.9 Å². The van der Waals surface area contributed by atoms with Gasteiger partial charge < -0.3 is 39.7 Å². The smallest absolute Gasteiger partial charge is 0.338 e. The largest absolute Gasteiger partial charge is 0.463 e. The van der Waals surface area contributed by atoms with Crippen molar-refractivity contribution in [2.45, 2.75) is 50.9 Å². The molecule has 4 aromatic rings. The van der Waals surface area contributed by atoms with Gasteiger partial charge in [-0.15, -0.1) is 22.7 Å². The number of amidine groups is 2. The van der Waals surface area contributed by atoms with Gasteiger partial charge in [0.05, 0.1) is 59.6 Å².